The van der Waals surface area contributed by atoms with Crippen LogP contribution >= 0.6 is 23.7 Å². The Hall–Kier alpha value is -0.950. The minimum absolute atomic E-state index is 0. The van der Waals surface area contributed by atoms with E-state index in [1.54, 1.807) is 11.3 Å². The first kappa shape index (κ1) is 15.4. The lowest BCUT2D eigenvalue weighted by molar-refractivity contribution is 0.189. The van der Waals surface area contributed by atoms with Gasteiger partial charge < -0.3 is 10.3 Å². The average Bonchev–Trinajstić information content (AvgIpc) is 2.93. The van der Waals surface area contributed by atoms with Gasteiger partial charge in [0.1, 0.15) is 0 Å². The van der Waals surface area contributed by atoms with E-state index in [9.17, 15) is 0 Å². The predicted molar refractivity (Wildman–Crippen MR) is 81.9 cm³/mol. The molecule has 110 valence electrons. The summed E-state index contributed by atoms with van der Waals surface area (Å²) >= 11 is 1.62. The normalized spacial score (nSPS) is 16.1. The monoisotopic (exact) mass is 314 g/mol. The fourth-order valence-corrected chi connectivity index (χ4v) is 3.02. The molecule has 7 heteroatoms. The quantitative estimate of drug-likeness (QED) is 0.886. The van der Waals surface area contributed by atoms with Crippen molar-refractivity contribution >= 4 is 23.7 Å². The van der Waals surface area contributed by atoms with Gasteiger partial charge in [0, 0.05) is 12.6 Å². The molecule has 0 radical (unpaired) electrons. The van der Waals surface area contributed by atoms with Crippen molar-refractivity contribution in [3.63, 3.8) is 0 Å². The third kappa shape index (κ3) is 3.38. The van der Waals surface area contributed by atoms with Crippen LogP contribution < -0.4 is 5.73 Å². The summed E-state index contributed by atoms with van der Waals surface area (Å²) in [5, 5.41) is 6.03. The third-order valence-electron chi connectivity index (χ3n) is 3.57. The number of hydrogen-bond acceptors (Lipinski definition) is 6. The number of likely N-dealkylation sites (N-methyl/N-ethyl adjacent to an activating group) is 1. The maximum Gasteiger partial charge on any atom is 0.241 e. The zero-order chi connectivity index (χ0) is 13.2. The van der Waals surface area contributed by atoms with Crippen LogP contribution in [0, 0.1) is 5.92 Å². The topological polar surface area (TPSA) is 68.2 Å². The highest BCUT2D eigenvalue weighted by atomic mass is 35.5. The van der Waals surface area contributed by atoms with E-state index in [0.717, 1.165) is 10.8 Å². The number of thiophene rings is 1. The first-order valence-corrected chi connectivity index (χ1v) is 7.42. The van der Waals surface area contributed by atoms with Gasteiger partial charge in [-0.2, -0.15) is 4.98 Å². The summed E-state index contributed by atoms with van der Waals surface area (Å²) in [4.78, 5) is 7.70. The van der Waals surface area contributed by atoms with E-state index in [4.69, 9.17) is 10.3 Å². The molecular weight excluding hydrogens is 296 g/mol. The molecule has 2 N–H and O–H groups in total. The second-order valence-corrected chi connectivity index (χ2v) is 5.99. The SMILES string of the molecule is CN(Cc1nc(-c2cccs2)no1)C(CN)C1CC1.Cl. The average molecular weight is 315 g/mol. The van der Waals surface area contributed by atoms with Gasteiger partial charge in [-0.1, -0.05) is 11.2 Å². The molecule has 20 heavy (non-hydrogen) atoms. The smallest absolute Gasteiger partial charge is 0.241 e. The van der Waals surface area contributed by atoms with Crippen LogP contribution in [-0.4, -0.2) is 34.7 Å². The Morgan fingerprint density at radius 2 is 2.35 bits per heavy atom. The zero-order valence-electron chi connectivity index (χ0n) is 11.4. The molecule has 1 aliphatic rings. The Bertz CT molecular complexity index is 526. The van der Waals surface area contributed by atoms with Gasteiger partial charge >= 0.3 is 0 Å². The third-order valence-corrected chi connectivity index (χ3v) is 4.43. The minimum atomic E-state index is 0. The van der Waals surface area contributed by atoms with E-state index >= 15 is 0 Å². The summed E-state index contributed by atoms with van der Waals surface area (Å²) in [7, 11) is 2.07. The highest BCUT2D eigenvalue weighted by Crippen LogP contribution is 2.34. The first-order valence-electron chi connectivity index (χ1n) is 6.54. The van der Waals surface area contributed by atoms with Gasteiger partial charge in [0.2, 0.25) is 11.7 Å². The van der Waals surface area contributed by atoms with Crippen LogP contribution in [0.1, 0.15) is 18.7 Å². The maximum absolute atomic E-state index is 5.84. The molecule has 2 heterocycles. The lowest BCUT2D eigenvalue weighted by Gasteiger charge is -2.25. The molecule has 1 unspecified atom stereocenters. The van der Waals surface area contributed by atoms with Crippen molar-refractivity contribution in [2.24, 2.45) is 11.7 Å². The largest absolute Gasteiger partial charge is 0.338 e. The number of aromatic nitrogens is 2. The number of nitrogens with zero attached hydrogens (tertiary/aromatic N) is 3. The van der Waals surface area contributed by atoms with Gasteiger partial charge in [0.05, 0.1) is 11.4 Å². The van der Waals surface area contributed by atoms with Gasteiger partial charge in [-0.25, -0.2) is 0 Å². The van der Waals surface area contributed by atoms with Crippen LogP contribution in [0.2, 0.25) is 0 Å². The summed E-state index contributed by atoms with van der Waals surface area (Å²) in [5.41, 5.74) is 5.84. The molecule has 0 spiro atoms. The summed E-state index contributed by atoms with van der Waals surface area (Å²) < 4.78 is 5.32. The van der Waals surface area contributed by atoms with E-state index in [1.807, 2.05) is 17.5 Å². The van der Waals surface area contributed by atoms with E-state index in [0.29, 0.717) is 30.8 Å². The molecule has 1 saturated carbocycles. The van der Waals surface area contributed by atoms with Crippen LogP contribution in [0.25, 0.3) is 10.7 Å². The van der Waals surface area contributed by atoms with Crippen molar-refractivity contribution in [1.82, 2.24) is 15.0 Å². The van der Waals surface area contributed by atoms with E-state index in [1.165, 1.54) is 12.8 Å². The van der Waals surface area contributed by atoms with Crippen LogP contribution in [0.4, 0.5) is 0 Å². The highest BCUT2D eigenvalue weighted by molar-refractivity contribution is 7.13. The maximum atomic E-state index is 5.84. The predicted octanol–water partition coefficient (Wildman–Crippen LogP) is 2.39. The summed E-state index contributed by atoms with van der Waals surface area (Å²) in [6.45, 7) is 1.35. The van der Waals surface area contributed by atoms with Crippen LogP contribution in [0.3, 0.4) is 0 Å². The first-order chi connectivity index (χ1) is 9.28. The Labute approximate surface area is 128 Å². The second-order valence-electron chi connectivity index (χ2n) is 5.04. The van der Waals surface area contributed by atoms with Gasteiger partial charge in [0.25, 0.3) is 0 Å². The van der Waals surface area contributed by atoms with E-state index in [-0.39, 0.29) is 12.4 Å². The number of hydrogen-bond donors (Lipinski definition) is 1. The van der Waals surface area contributed by atoms with E-state index in [2.05, 4.69) is 22.1 Å². The van der Waals surface area contributed by atoms with Gasteiger partial charge in [-0.3, -0.25) is 4.90 Å². The highest BCUT2D eigenvalue weighted by Gasteiger charge is 2.33. The molecule has 1 aliphatic carbocycles. The van der Waals surface area contributed by atoms with Crippen molar-refractivity contribution < 1.29 is 4.52 Å². The fraction of sp³-hybridized carbons (Fsp3) is 0.538. The molecule has 2 aromatic heterocycles. The van der Waals surface area contributed by atoms with Crippen LogP contribution in [-0.2, 0) is 6.54 Å². The Kier molecular flexibility index (Phi) is 5.15. The lowest BCUT2D eigenvalue weighted by atomic mass is 10.1. The fourth-order valence-electron chi connectivity index (χ4n) is 2.37. The van der Waals surface area contributed by atoms with Crippen molar-refractivity contribution in [3.8, 4) is 10.7 Å². The molecule has 2 aromatic rings. The number of rotatable bonds is 6. The molecule has 1 atom stereocenters. The molecule has 3 rings (SSSR count). The molecule has 0 saturated heterocycles. The van der Waals surface area contributed by atoms with Gasteiger partial charge in [-0.05, 0) is 37.3 Å². The van der Waals surface area contributed by atoms with Crippen molar-refractivity contribution in [2.45, 2.75) is 25.4 Å². The molecular formula is C13H19ClN4OS. The van der Waals surface area contributed by atoms with Crippen LogP contribution in [0.5, 0.6) is 0 Å². The van der Waals surface area contributed by atoms with Crippen LogP contribution in [0.15, 0.2) is 22.0 Å². The Balaban J connectivity index is 0.00000147. The van der Waals surface area contributed by atoms with Crippen molar-refractivity contribution in [1.29, 1.82) is 0 Å². The second kappa shape index (κ2) is 6.67. The summed E-state index contributed by atoms with van der Waals surface area (Å²) in [6, 6.07) is 4.41. The summed E-state index contributed by atoms with van der Waals surface area (Å²) in [6.07, 6.45) is 2.58. The minimum Gasteiger partial charge on any atom is -0.338 e. The standard InChI is InChI=1S/C13H18N4OS.ClH/c1-17(10(7-14)9-4-5-9)8-12-15-13(16-18-12)11-3-2-6-19-11;/h2-3,6,9-10H,4-5,7-8,14H2,1H3;1H. The van der Waals surface area contributed by atoms with Crippen molar-refractivity contribution in [3.05, 3.63) is 23.4 Å². The molecule has 1 fully saturated rings. The number of nitrogens with two attached hydrogens (primary N) is 1. The zero-order valence-corrected chi connectivity index (χ0v) is 13.0. The Morgan fingerprint density at radius 3 is 2.95 bits per heavy atom. The molecule has 0 bridgehead atoms. The molecule has 0 amide bonds. The summed E-state index contributed by atoms with van der Waals surface area (Å²) in [5.74, 6) is 2.08. The van der Waals surface area contributed by atoms with E-state index < -0.39 is 0 Å². The molecule has 0 aromatic carbocycles. The van der Waals surface area contributed by atoms with Gasteiger partial charge in [-0.15, -0.1) is 23.7 Å². The molecule has 5 nitrogen and oxygen atoms in total. The number of halogens is 1. The Morgan fingerprint density at radius 1 is 1.55 bits per heavy atom. The molecule has 0 aliphatic heterocycles. The lowest BCUT2D eigenvalue weighted by Crippen LogP contribution is -2.39. The van der Waals surface area contributed by atoms with Crippen molar-refractivity contribution in [2.75, 3.05) is 13.6 Å². The van der Waals surface area contributed by atoms with Gasteiger partial charge in [0.15, 0.2) is 0 Å².